The Hall–Kier alpha value is -1.25. The second-order valence-corrected chi connectivity index (χ2v) is 7.99. The van der Waals surface area contributed by atoms with Crippen LogP contribution < -0.4 is 0 Å². The molecule has 0 aliphatic carbocycles. The second kappa shape index (κ2) is 9.62. The summed E-state index contributed by atoms with van der Waals surface area (Å²) in [6.45, 7) is 19.9. The van der Waals surface area contributed by atoms with E-state index in [9.17, 15) is 8.78 Å². The van der Waals surface area contributed by atoms with E-state index in [1.807, 2.05) is 19.0 Å². The molecule has 0 N–H and O–H groups in total. The van der Waals surface area contributed by atoms with E-state index in [0.29, 0.717) is 30.9 Å². The first kappa shape index (κ1) is 22.8. The van der Waals surface area contributed by atoms with Crippen molar-refractivity contribution in [3.63, 3.8) is 0 Å². The molecular formula is C21H33F2N2P. The standard InChI is InChI=1S/C21H33F2N2P/c1-13(2)19-17(7)25(24(8)20(14(3)4)21(19)26)12-18(16(6)23)11-9-10-15(5)22/h11,14-15,20H,1,6-7,9-10,12,26H2,2-5,8H3/b18-11-. The summed E-state index contributed by atoms with van der Waals surface area (Å²) in [6, 6.07) is 0.136. The molecule has 0 spiro atoms. The van der Waals surface area contributed by atoms with Crippen molar-refractivity contribution in [1.29, 1.82) is 0 Å². The first-order valence-corrected chi connectivity index (χ1v) is 9.59. The van der Waals surface area contributed by atoms with Crippen molar-refractivity contribution in [2.24, 2.45) is 5.92 Å². The van der Waals surface area contributed by atoms with Crippen molar-refractivity contribution in [1.82, 2.24) is 10.0 Å². The molecule has 0 fully saturated rings. The first-order chi connectivity index (χ1) is 12.0. The molecule has 146 valence electrons. The quantitative estimate of drug-likeness (QED) is 0.379. The van der Waals surface area contributed by atoms with E-state index in [1.165, 1.54) is 6.92 Å². The SMILES string of the molecule is C=C(C)C1=C(P)C(C(C)C)N(C)N(C/C(=C/CCC(C)F)C(=C)F)C1=C. The topological polar surface area (TPSA) is 6.48 Å². The summed E-state index contributed by atoms with van der Waals surface area (Å²) < 4.78 is 27.1. The van der Waals surface area contributed by atoms with Crippen molar-refractivity contribution < 1.29 is 8.78 Å². The lowest BCUT2D eigenvalue weighted by Crippen LogP contribution is -2.52. The second-order valence-electron chi connectivity index (χ2n) is 7.37. The molecule has 3 atom stereocenters. The summed E-state index contributed by atoms with van der Waals surface area (Å²) in [5, 5.41) is 5.21. The highest BCUT2D eigenvalue weighted by molar-refractivity contribution is 7.22. The number of nitrogens with zero attached hydrogens (tertiary/aromatic N) is 2. The number of hydrogen-bond donors (Lipinski definition) is 0. The van der Waals surface area contributed by atoms with Gasteiger partial charge in [0.2, 0.25) is 0 Å². The Kier molecular flexibility index (Phi) is 8.43. The lowest BCUT2D eigenvalue weighted by molar-refractivity contribution is -0.00383. The van der Waals surface area contributed by atoms with Crippen molar-refractivity contribution in [2.45, 2.75) is 52.8 Å². The third-order valence-corrected chi connectivity index (χ3v) is 5.30. The number of alkyl halides is 1. The molecule has 0 aromatic rings. The molecule has 0 saturated heterocycles. The van der Waals surface area contributed by atoms with Gasteiger partial charge < -0.3 is 5.01 Å². The van der Waals surface area contributed by atoms with Crippen LogP contribution in [0.2, 0.25) is 0 Å². The zero-order valence-corrected chi connectivity index (χ0v) is 17.9. The Morgan fingerprint density at radius 1 is 1.31 bits per heavy atom. The van der Waals surface area contributed by atoms with Crippen LogP contribution in [-0.4, -0.2) is 35.8 Å². The average molecular weight is 382 g/mol. The van der Waals surface area contributed by atoms with Crippen LogP contribution in [0.3, 0.4) is 0 Å². The molecule has 5 heteroatoms. The summed E-state index contributed by atoms with van der Waals surface area (Å²) in [7, 11) is 4.81. The number of allylic oxidation sites excluding steroid dienone is 2. The van der Waals surface area contributed by atoms with Crippen molar-refractivity contribution in [2.75, 3.05) is 13.6 Å². The molecule has 2 nitrogen and oxygen atoms in total. The molecule has 0 amide bonds. The fourth-order valence-electron chi connectivity index (χ4n) is 3.39. The minimum absolute atomic E-state index is 0.136. The maximum atomic E-state index is 14.0. The molecule has 1 heterocycles. The number of hydrazine groups is 1. The monoisotopic (exact) mass is 382 g/mol. The van der Waals surface area contributed by atoms with Crippen LogP contribution in [0.4, 0.5) is 8.78 Å². The molecule has 1 aliphatic rings. The molecule has 1 aliphatic heterocycles. The summed E-state index contributed by atoms with van der Waals surface area (Å²) in [4.78, 5) is 0. The van der Waals surface area contributed by atoms with Gasteiger partial charge in [-0.3, -0.25) is 0 Å². The Bertz CT molecular complexity index is 632. The zero-order valence-electron chi connectivity index (χ0n) is 16.8. The molecule has 26 heavy (non-hydrogen) atoms. The third-order valence-electron chi connectivity index (χ3n) is 4.67. The molecular weight excluding hydrogens is 349 g/mol. The van der Waals surface area contributed by atoms with Crippen LogP contribution in [0.1, 0.15) is 40.5 Å². The largest absolute Gasteiger partial charge is 0.301 e. The Morgan fingerprint density at radius 2 is 1.88 bits per heavy atom. The van der Waals surface area contributed by atoms with Crippen LogP contribution in [0.15, 0.2) is 59.4 Å². The highest BCUT2D eigenvalue weighted by Gasteiger charge is 2.35. The fourth-order valence-corrected chi connectivity index (χ4v) is 4.40. The minimum atomic E-state index is -0.907. The average Bonchev–Trinajstić information content (AvgIpc) is 2.48. The molecule has 1 rings (SSSR count). The summed E-state index contributed by atoms with van der Waals surface area (Å²) >= 11 is 0. The van der Waals surface area contributed by atoms with Gasteiger partial charge in [-0.25, -0.2) is 13.8 Å². The van der Waals surface area contributed by atoms with E-state index in [2.05, 4.69) is 47.8 Å². The summed E-state index contributed by atoms with van der Waals surface area (Å²) in [6.07, 6.45) is 1.68. The van der Waals surface area contributed by atoms with Crippen LogP contribution in [-0.2, 0) is 0 Å². The van der Waals surface area contributed by atoms with Gasteiger partial charge in [-0.2, -0.15) is 0 Å². The van der Waals surface area contributed by atoms with Crippen molar-refractivity contribution in [3.05, 3.63) is 59.4 Å². The first-order valence-electron chi connectivity index (χ1n) is 9.01. The van der Waals surface area contributed by atoms with Gasteiger partial charge in [0.1, 0.15) is 5.83 Å². The van der Waals surface area contributed by atoms with E-state index < -0.39 is 12.0 Å². The minimum Gasteiger partial charge on any atom is -0.301 e. The fraction of sp³-hybridized carbons (Fsp3) is 0.524. The van der Waals surface area contributed by atoms with Crippen LogP contribution in [0.5, 0.6) is 0 Å². The Morgan fingerprint density at radius 3 is 2.31 bits per heavy atom. The molecule has 0 aromatic heterocycles. The highest BCUT2D eigenvalue weighted by Crippen LogP contribution is 2.40. The number of hydrogen-bond acceptors (Lipinski definition) is 2. The number of halogens is 2. The molecule has 0 bridgehead atoms. The molecule has 0 saturated carbocycles. The van der Waals surface area contributed by atoms with E-state index in [1.54, 1.807) is 6.08 Å². The maximum Gasteiger partial charge on any atom is 0.120 e. The van der Waals surface area contributed by atoms with Gasteiger partial charge in [0.25, 0.3) is 0 Å². The highest BCUT2D eigenvalue weighted by atomic mass is 31.0. The molecule has 0 aromatic carbocycles. The predicted molar refractivity (Wildman–Crippen MR) is 112 cm³/mol. The van der Waals surface area contributed by atoms with Gasteiger partial charge in [0.15, 0.2) is 0 Å². The lowest BCUT2D eigenvalue weighted by atomic mass is 9.93. The Labute approximate surface area is 160 Å². The number of rotatable bonds is 8. The number of likely N-dealkylation sites (N-methyl/N-ethyl adjacent to an activating group) is 1. The maximum absolute atomic E-state index is 14.0. The third kappa shape index (κ3) is 5.37. The van der Waals surface area contributed by atoms with Crippen LogP contribution in [0.25, 0.3) is 0 Å². The van der Waals surface area contributed by atoms with E-state index in [4.69, 9.17) is 0 Å². The van der Waals surface area contributed by atoms with Gasteiger partial charge in [-0.15, -0.1) is 9.24 Å². The van der Waals surface area contributed by atoms with E-state index in [-0.39, 0.29) is 6.04 Å². The molecule has 3 unspecified atom stereocenters. The lowest BCUT2D eigenvalue weighted by Gasteiger charge is -2.48. The predicted octanol–water partition coefficient (Wildman–Crippen LogP) is 5.94. The normalized spacial score (nSPS) is 20.8. The smallest absolute Gasteiger partial charge is 0.120 e. The zero-order chi connectivity index (χ0) is 20.2. The van der Waals surface area contributed by atoms with Gasteiger partial charge >= 0.3 is 0 Å². The summed E-state index contributed by atoms with van der Waals surface area (Å²) in [5.41, 5.74) is 3.19. The van der Waals surface area contributed by atoms with E-state index in [0.717, 1.165) is 22.2 Å². The van der Waals surface area contributed by atoms with Crippen LogP contribution in [0, 0.1) is 5.92 Å². The summed E-state index contributed by atoms with van der Waals surface area (Å²) in [5.74, 6) is -0.137. The Balaban J connectivity index is 3.22. The van der Waals surface area contributed by atoms with Gasteiger partial charge in [0, 0.05) is 18.2 Å². The van der Waals surface area contributed by atoms with Crippen LogP contribution >= 0.6 is 9.24 Å². The van der Waals surface area contributed by atoms with Gasteiger partial charge in [-0.05, 0) is 43.5 Å². The van der Waals surface area contributed by atoms with Gasteiger partial charge in [-0.1, -0.05) is 39.7 Å². The van der Waals surface area contributed by atoms with Crippen molar-refractivity contribution >= 4 is 9.24 Å². The van der Waals surface area contributed by atoms with Crippen molar-refractivity contribution in [3.8, 4) is 0 Å². The van der Waals surface area contributed by atoms with Gasteiger partial charge in [0.05, 0.1) is 24.5 Å². The van der Waals surface area contributed by atoms with E-state index >= 15 is 0 Å². The molecule has 0 radical (unpaired) electrons.